The molecule has 0 N–H and O–H groups in total. The van der Waals surface area contributed by atoms with Gasteiger partial charge >= 0.3 is 0 Å². The molecule has 0 atom stereocenters. The summed E-state index contributed by atoms with van der Waals surface area (Å²) < 4.78 is 12.1. The number of benzene rings is 3. The molecule has 4 nitrogen and oxygen atoms in total. The third-order valence-corrected chi connectivity index (χ3v) is 5.28. The van der Waals surface area contributed by atoms with Crippen molar-refractivity contribution in [2.24, 2.45) is 4.99 Å². The molecule has 0 aliphatic rings. The van der Waals surface area contributed by atoms with Crippen LogP contribution in [0, 0.1) is 13.8 Å². The number of oxazole rings is 1. The second kappa shape index (κ2) is 7.60. The fourth-order valence-corrected chi connectivity index (χ4v) is 3.46. The maximum absolute atomic E-state index is 5.92. The van der Waals surface area contributed by atoms with E-state index in [-0.39, 0.29) is 0 Å². The summed E-state index contributed by atoms with van der Waals surface area (Å²) in [6.45, 7) is 4.18. The number of halogens is 1. The first-order valence-corrected chi connectivity index (χ1v) is 9.68. The maximum atomic E-state index is 5.92. The van der Waals surface area contributed by atoms with E-state index < -0.39 is 0 Å². The van der Waals surface area contributed by atoms with Gasteiger partial charge in [0.1, 0.15) is 11.3 Å². The minimum atomic E-state index is 0.623. The van der Waals surface area contributed by atoms with Gasteiger partial charge in [-0.15, -0.1) is 0 Å². The van der Waals surface area contributed by atoms with E-state index in [0.29, 0.717) is 5.89 Å². The van der Waals surface area contributed by atoms with E-state index in [1.807, 2.05) is 48.7 Å². The zero-order valence-corrected chi connectivity index (χ0v) is 17.4. The monoisotopic (exact) mass is 434 g/mol. The topological polar surface area (TPSA) is 47.6 Å². The van der Waals surface area contributed by atoms with E-state index >= 15 is 0 Å². The molecule has 0 unspecified atom stereocenters. The molecule has 5 heteroatoms. The molecule has 28 heavy (non-hydrogen) atoms. The quantitative estimate of drug-likeness (QED) is 0.338. The Morgan fingerprint density at radius 2 is 1.86 bits per heavy atom. The number of hydrogen-bond acceptors (Lipinski definition) is 4. The average Bonchev–Trinajstić information content (AvgIpc) is 3.12. The second-order valence-corrected chi connectivity index (χ2v) is 7.48. The summed E-state index contributed by atoms with van der Waals surface area (Å²) in [5.41, 5.74) is 6.78. The largest absolute Gasteiger partial charge is 0.496 e. The van der Waals surface area contributed by atoms with Crippen molar-refractivity contribution < 1.29 is 9.15 Å². The molecule has 0 aliphatic carbocycles. The zero-order valence-electron chi connectivity index (χ0n) is 15.9. The van der Waals surface area contributed by atoms with Crippen LogP contribution in [0.2, 0.25) is 0 Å². The minimum Gasteiger partial charge on any atom is -0.496 e. The third-order valence-electron chi connectivity index (χ3n) is 4.66. The predicted octanol–water partition coefficient (Wildman–Crippen LogP) is 6.63. The molecule has 0 saturated carbocycles. The summed E-state index contributed by atoms with van der Waals surface area (Å²) >= 11 is 3.49. The number of rotatable bonds is 4. The Kier molecular flexibility index (Phi) is 5.01. The molecule has 0 radical (unpaired) electrons. The van der Waals surface area contributed by atoms with Gasteiger partial charge < -0.3 is 9.15 Å². The van der Waals surface area contributed by atoms with Crippen LogP contribution in [0.1, 0.15) is 16.7 Å². The van der Waals surface area contributed by atoms with Crippen LogP contribution in [0.15, 0.2) is 68.5 Å². The molecule has 140 valence electrons. The number of hydrogen-bond donors (Lipinski definition) is 0. The minimum absolute atomic E-state index is 0.623. The maximum Gasteiger partial charge on any atom is 0.227 e. The highest BCUT2D eigenvalue weighted by Gasteiger charge is 2.09. The summed E-state index contributed by atoms with van der Waals surface area (Å²) in [4.78, 5) is 9.20. The number of aromatic nitrogens is 1. The van der Waals surface area contributed by atoms with Gasteiger partial charge in [0.25, 0.3) is 0 Å². The Morgan fingerprint density at radius 3 is 2.61 bits per heavy atom. The van der Waals surface area contributed by atoms with Crippen molar-refractivity contribution >= 4 is 38.9 Å². The first-order valence-electron chi connectivity index (χ1n) is 8.89. The lowest BCUT2D eigenvalue weighted by atomic mass is 10.1. The SMILES string of the molecule is COc1ccc(C=Nc2ccc3oc(-c4ccc(C)c(C)c4)nc3c2)cc1Br. The van der Waals surface area contributed by atoms with Crippen molar-refractivity contribution in [3.8, 4) is 17.2 Å². The normalized spacial score (nSPS) is 11.4. The van der Waals surface area contributed by atoms with Crippen LogP contribution < -0.4 is 4.74 Å². The van der Waals surface area contributed by atoms with Gasteiger partial charge in [-0.2, -0.15) is 0 Å². The van der Waals surface area contributed by atoms with Crippen LogP contribution in [0.4, 0.5) is 5.69 Å². The smallest absolute Gasteiger partial charge is 0.227 e. The Balaban J connectivity index is 1.62. The molecule has 0 fully saturated rings. The van der Waals surface area contributed by atoms with E-state index in [1.165, 1.54) is 11.1 Å². The number of ether oxygens (including phenoxy) is 1. The Bertz CT molecular complexity index is 1190. The highest BCUT2D eigenvalue weighted by molar-refractivity contribution is 9.10. The molecular formula is C23H19BrN2O2. The first-order chi connectivity index (χ1) is 13.5. The fraction of sp³-hybridized carbons (Fsp3) is 0.130. The van der Waals surface area contributed by atoms with E-state index in [1.54, 1.807) is 7.11 Å². The average molecular weight is 435 g/mol. The van der Waals surface area contributed by atoms with Crippen molar-refractivity contribution in [3.63, 3.8) is 0 Å². The standard InChI is InChI=1S/C23H19BrN2O2/c1-14-4-6-17(10-15(14)2)23-26-20-12-18(7-9-22(20)28-23)25-13-16-5-8-21(27-3)19(24)11-16/h4-13H,1-3H3. The molecule has 0 amide bonds. The van der Waals surface area contributed by atoms with Gasteiger partial charge in [-0.25, -0.2) is 4.98 Å². The lowest BCUT2D eigenvalue weighted by Crippen LogP contribution is -1.86. The van der Waals surface area contributed by atoms with E-state index in [0.717, 1.165) is 38.1 Å². The van der Waals surface area contributed by atoms with Crippen LogP contribution in [0.5, 0.6) is 5.75 Å². The van der Waals surface area contributed by atoms with Crippen LogP contribution in [0.25, 0.3) is 22.6 Å². The van der Waals surface area contributed by atoms with Gasteiger partial charge in [-0.3, -0.25) is 4.99 Å². The zero-order chi connectivity index (χ0) is 19.7. The van der Waals surface area contributed by atoms with E-state index in [2.05, 4.69) is 51.9 Å². The Morgan fingerprint density at radius 1 is 1.00 bits per heavy atom. The fourth-order valence-electron chi connectivity index (χ4n) is 2.91. The van der Waals surface area contributed by atoms with Crippen molar-refractivity contribution in [1.29, 1.82) is 0 Å². The van der Waals surface area contributed by atoms with Gasteiger partial charge in [0.05, 0.1) is 17.3 Å². The number of methoxy groups -OCH3 is 1. The predicted molar refractivity (Wildman–Crippen MR) is 117 cm³/mol. The lowest BCUT2D eigenvalue weighted by Gasteiger charge is -2.03. The molecule has 3 aromatic carbocycles. The van der Waals surface area contributed by atoms with Crippen molar-refractivity contribution in [2.45, 2.75) is 13.8 Å². The number of nitrogens with zero attached hydrogens (tertiary/aromatic N) is 2. The van der Waals surface area contributed by atoms with Gasteiger partial charge in [-0.05, 0) is 95.0 Å². The molecule has 0 bridgehead atoms. The highest BCUT2D eigenvalue weighted by atomic mass is 79.9. The molecule has 4 rings (SSSR count). The number of aryl methyl sites for hydroxylation is 2. The third kappa shape index (κ3) is 3.71. The molecule has 1 aromatic heterocycles. The number of aliphatic imine (C=N–C) groups is 1. The van der Waals surface area contributed by atoms with Crippen LogP contribution in [-0.4, -0.2) is 18.3 Å². The summed E-state index contributed by atoms with van der Waals surface area (Å²) in [7, 11) is 1.65. The molecular weight excluding hydrogens is 416 g/mol. The van der Waals surface area contributed by atoms with Crippen LogP contribution in [0.3, 0.4) is 0 Å². The molecule has 0 saturated heterocycles. The van der Waals surface area contributed by atoms with Crippen molar-refractivity contribution in [1.82, 2.24) is 4.98 Å². The van der Waals surface area contributed by atoms with Crippen molar-refractivity contribution in [2.75, 3.05) is 7.11 Å². The van der Waals surface area contributed by atoms with Gasteiger partial charge in [0, 0.05) is 11.8 Å². The molecule has 1 heterocycles. The van der Waals surface area contributed by atoms with E-state index in [4.69, 9.17) is 9.15 Å². The summed E-state index contributed by atoms with van der Waals surface area (Å²) in [5.74, 6) is 1.42. The summed E-state index contributed by atoms with van der Waals surface area (Å²) in [6.07, 6.45) is 1.82. The molecule has 4 aromatic rings. The first kappa shape index (κ1) is 18.4. The van der Waals surface area contributed by atoms with Crippen LogP contribution >= 0.6 is 15.9 Å². The molecule has 0 spiro atoms. The van der Waals surface area contributed by atoms with Gasteiger partial charge in [0.15, 0.2) is 5.58 Å². The van der Waals surface area contributed by atoms with Crippen molar-refractivity contribution in [3.05, 3.63) is 75.8 Å². The highest BCUT2D eigenvalue weighted by Crippen LogP contribution is 2.29. The van der Waals surface area contributed by atoms with E-state index in [9.17, 15) is 0 Å². The number of fused-ring (bicyclic) bond motifs is 1. The Labute approximate surface area is 172 Å². The Hall–Kier alpha value is -2.92. The van der Waals surface area contributed by atoms with Crippen LogP contribution in [-0.2, 0) is 0 Å². The lowest BCUT2D eigenvalue weighted by molar-refractivity contribution is 0.412. The second-order valence-electron chi connectivity index (χ2n) is 6.62. The molecule has 0 aliphatic heterocycles. The summed E-state index contributed by atoms with van der Waals surface area (Å²) in [5, 5.41) is 0. The van der Waals surface area contributed by atoms with Gasteiger partial charge in [0.2, 0.25) is 5.89 Å². The summed E-state index contributed by atoms with van der Waals surface area (Å²) in [6, 6.07) is 17.8. The van der Waals surface area contributed by atoms with Gasteiger partial charge in [-0.1, -0.05) is 6.07 Å².